The summed E-state index contributed by atoms with van der Waals surface area (Å²) in [5.74, 6) is 0.593. The Morgan fingerprint density at radius 3 is 2.50 bits per heavy atom. The molecule has 0 amide bonds. The first kappa shape index (κ1) is 14.0. The van der Waals surface area contributed by atoms with E-state index in [1.54, 1.807) is 4.68 Å². The van der Waals surface area contributed by atoms with Crippen molar-refractivity contribution < 1.29 is 0 Å². The molecule has 1 N–H and O–H groups in total. The summed E-state index contributed by atoms with van der Waals surface area (Å²) < 4.78 is 1.71. The van der Waals surface area contributed by atoms with Crippen molar-refractivity contribution in [1.29, 1.82) is 0 Å². The van der Waals surface area contributed by atoms with Crippen LogP contribution in [0.1, 0.15) is 25.1 Å². The lowest BCUT2D eigenvalue weighted by molar-refractivity contribution is 0.433. The van der Waals surface area contributed by atoms with E-state index >= 15 is 0 Å². The molecule has 92 valence electrons. The Hall–Kier alpha value is -0.0600. The fourth-order valence-electron chi connectivity index (χ4n) is 1.58. The predicted molar refractivity (Wildman–Crippen MR) is 72.2 cm³/mol. The number of alkyl halides is 1. The van der Waals surface area contributed by atoms with Crippen molar-refractivity contribution in [3.8, 4) is 0 Å². The van der Waals surface area contributed by atoms with E-state index in [1.807, 2.05) is 14.0 Å². The van der Waals surface area contributed by atoms with Crippen LogP contribution in [0.25, 0.3) is 0 Å². The Kier molecular flexibility index (Phi) is 5.28. The van der Waals surface area contributed by atoms with Crippen LogP contribution < -0.4 is 5.32 Å². The van der Waals surface area contributed by atoms with Gasteiger partial charge in [0.2, 0.25) is 0 Å². The monoisotopic (exact) mass is 307 g/mol. The minimum absolute atomic E-state index is 0.454. The fourth-order valence-corrected chi connectivity index (χ4v) is 2.79. The minimum atomic E-state index is 0.454. The van der Waals surface area contributed by atoms with E-state index in [4.69, 9.17) is 11.6 Å². The molecule has 0 aliphatic rings. The van der Waals surface area contributed by atoms with E-state index in [9.17, 15) is 0 Å². The van der Waals surface area contributed by atoms with Gasteiger partial charge in [0.1, 0.15) is 5.15 Å². The molecule has 3 nitrogen and oxygen atoms in total. The largest absolute Gasteiger partial charge is 0.309 e. The van der Waals surface area contributed by atoms with Crippen LogP contribution in [0, 0.1) is 12.8 Å². The Morgan fingerprint density at radius 2 is 2.12 bits per heavy atom. The van der Waals surface area contributed by atoms with Gasteiger partial charge < -0.3 is 5.32 Å². The van der Waals surface area contributed by atoms with Crippen molar-refractivity contribution in [3.63, 3.8) is 0 Å². The number of rotatable bonds is 5. The number of hydrogen-bond donors (Lipinski definition) is 1. The van der Waals surface area contributed by atoms with E-state index in [-0.39, 0.29) is 0 Å². The summed E-state index contributed by atoms with van der Waals surface area (Å²) >= 11 is 9.68. The summed E-state index contributed by atoms with van der Waals surface area (Å²) in [6, 6.07) is 0.454. The van der Waals surface area contributed by atoms with Crippen LogP contribution in [-0.2, 0) is 13.6 Å². The Bertz CT molecular complexity index is 349. The van der Waals surface area contributed by atoms with Crippen LogP contribution in [-0.4, -0.2) is 21.2 Å². The third kappa shape index (κ3) is 3.22. The Morgan fingerprint density at radius 1 is 1.50 bits per heavy atom. The molecule has 16 heavy (non-hydrogen) atoms. The summed E-state index contributed by atoms with van der Waals surface area (Å²) in [5, 5.41) is 9.46. The molecule has 0 saturated heterocycles. The molecular weight excluding hydrogens is 289 g/mol. The van der Waals surface area contributed by atoms with E-state index in [1.165, 1.54) is 0 Å². The molecule has 0 aromatic carbocycles. The molecule has 0 aliphatic carbocycles. The normalized spacial score (nSPS) is 13.4. The van der Waals surface area contributed by atoms with Gasteiger partial charge in [-0.05, 0) is 12.8 Å². The first-order valence-corrected chi connectivity index (χ1v) is 6.94. The van der Waals surface area contributed by atoms with Crippen LogP contribution in [0.5, 0.6) is 0 Å². The van der Waals surface area contributed by atoms with Gasteiger partial charge in [0.25, 0.3) is 0 Å². The molecule has 1 atom stereocenters. The summed E-state index contributed by atoms with van der Waals surface area (Å²) in [4.78, 5) is 0. The lowest BCUT2D eigenvalue weighted by Crippen LogP contribution is -2.34. The first-order valence-electron chi connectivity index (χ1n) is 5.44. The standard InChI is InChI=1S/C11H19BrClN3/c1-7(2)10(5-12)14-6-9-8(3)15-16(4)11(9)13/h7,10,14H,5-6H2,1-4H3. The molecule has 1 heterocycles. The van der Waals surface area contributed by atoms with Gasteiger partial charge in [-0.1, -0.05) is 41.4 Å². The fraction of sp³-hybridized carbons (Fsp3) is 0.727. The van der Waals surface area contributed by atoms with Gasteiger partial charge in [0.05, 0.1) is 5.69 Å². The van der Waals surface area contributed by atoms with Gasteiger partial charge in [-0.2, -0.15) is 5.10 Å². The van der Waals surface area contributed by atoms with Gasteiger partial charge in [-0.3, -0.25) is 4.68 Å². The molecule has 1 unspecified atom stereocenters. The Labute approximate surface area is 111 Å². The highest BCUT2D eigenvalue weighted by molar-refractivity contribution is 9.09. The molecule has 1 aromatic rings. The number of hydrogen-bond acceptors (Lipinski definition) is 2. The number of aryl methyl sites for hydroxylation is 2. The van der Waals surface area contributed by atoms with Gasteiger partial charge in [0.15, 0.2) is 0 Å². The second-order valence-electron chi connectivity index (χ2n) is 4.36. The van der Waals surface area contributed by atoms with Gasteiger partial charge in [0, 0.05) is 30.5 Å². The lowest BCUT2D eigenvalue weighted by Gasteiger charge is -2.19. The van der Waals surface area contributed by atoms with Crippen molar-refractivity contribution in [1.82, 2.24) is 15.1 Å². The van der Waals surface area contributed by atoms with Gasteiger partial charge >= 0.3 is 0 Å². The maximum Gasteiger partial charge on any atom is 0.131 e. The number of halogens is 2. The second kappa shape index (κ2) is 6.03. The molecular formula is C11H19BrClN3. The highest BCUT2D eigenvalue weighted by atomic mass is 79.9. The van der Waals surface area contributed by atoms with E-state index in [2.05, 4.69) is 40.2 Å². The third-order valence-electron chi connectivity index (χ3n) is 2.78. The number of aromatic nitrogens is 2. The summed E-state index contributed by atoms with van der Waals surface area (Å²) in [6.07, 6.45) is 0. The molecule has 0 saturated carbocycles. The number of nitrogens with zero attached hydrogens (tertiary/aromatic N) is 2. The highest BCUT2D eigenvalue weighted by Gasteiger charge is 2.15. The van der Waals surface area contributed by atoms with Crippen LogP contribution in [0.2, 0.25) is 5.15 Å². The second-order valence-corrected chi connectivity index (χ2v) is 5.37. The zero-order valence-corrected chi connectivity index (χ0v) is 12.6. The molecule has 0 spiro atoms. The summed E-state index contributed by atoms with van der Waals surface area (Å²) in [5.41, 5.74) is 2.09. The van der Waals surface area contributed by atoms with Crippen molar-refractivity contribution in [2.24, 2.45) is 13.0 Å². The maximum atomic E-state index is 6.17. The van der Waals surface area contributed by atoms with Crippen molar-refractivity contribution in [2.75, 3.05) is 5.33 Å². The summed E-state index contributed by atoms with van der Waals surface area (Å²) in [7, 11) is 1.86. The van der Waals surface area contributed by atoms with Crippen molar-refractivity contribution >= 4 is 27.5 Å². The molecule has 5 heteroatoms. The first-order chi connectivity index (χ1) is 7.47. The molecule has 1 rings (SSSR count). The average Bonchev–Trinajstić information content (AvgIpc) is 2.44. The molecule has 0 bridgehead atoms. The SMILES string of the molecule is Cc1nn(C)c(Cl)c1CNC(CBr)C(C)C. The van der Waals surface area contributed by atoms with Gasteiger partial charge in [-0.15, -0.1) is 0 Å². The predicted octanol–water partition coefficient (Wildman–Crippen LogP) is 2.89. The van der Waals surface area contributed by atoms with Crippen LogP contribution in [0.4, 0.5) is 0 Å². The number of nitrogens with one attached hydrogen (secondary N) is 1. The van der Waals surface area contributed by atoms with E-state index in [0.717, 1.165) is 28.3 Å². The van der Waals surface area contributed by atoms with E-state index < -0.39 is 0 Å². The average molecular weight is 309 g/mol. The zero-order chi connectivity index (χ0) is 12.3. The third-order valence-corrected chi connectivity index (χ3v) is 3.95. The van der Waals surface area contributed by atoms with Gasteiger partial charge in [-0.25, -0.2) is 0 Å². The molecule has 0 fully saturated rings. The van der Waals surface area contributed by atoms with Crippen LogP contribution >= 0.6 is 27.5 Å². The summed E-state index contributed by atoms with van der Waals surface area (Å²) in [6.45, 7) is 7.17. The Balaban J connectivity index is 2.67. The minimum Gasteiger partial charge on any atom is -0.309 e. The quantitative estimate of drug-likeness (QED) is 0.848. The molecule has 1 aromatic heterocycles. The maximum absolute atomic E-state index is 6.17. The topological polar surface area (TPSA) is 29.9 Å². The van der Waals surface area contributed by atoms with Crippen molar-refractivity contribution in [3.05, 3.63) is 16.4 Å². The smallest absolute Gasteiger partial charge is 0.131 e. The zero-order valence-electron chi connectivity index (χ0n) is 10.2. The molecule has 0 radical (unpaired) electrons. The lowest BCUT2D eigenvalue weighted by atomic mass is 10.1. The van der Waals surface area contributed by atoms with Crippen LogP contribution in [0.15, 0.2) is 0 Å². The molecule has 0 aliphatic heterocycles. The highest BCUT2D eigenvalue weighted by Crippen LogP contribution is 2.19. The van der Waals surface area contributed by atoms with Crippen molar-refractivity contribution in [2.45, 2.75) is 33.4 Å². The van der Waals surface area contributed by atoms with Crippen LogP contribution in [0.3, 0.4) is 0 Å². The van der Waals surface area contributed by atoms with E-state index in [0.29, 0.717) is 12.0 Å².